The molecule has 0 saturated carbocycles. The van der Waals surface area contributed by atoms with E-state index in [-0.39, 0.29) is 5.91 Å². The number of rotatable bonds is 8. The van der Waals surface area contributed by atoms with Crippen molar-refractivity contribution >= 4 is 11.9 Å². The van der Waals surface area contributed by atoms with Crippen molar-refractivity contribution in [3.05, 3.63) is 30.6 Å². The Kier molecular flexibility index (Phi) is 6.52. The van der Waals surface area contributed by atoms with Crippen molar-refractivity contribution in [1.29, 1.82) is 0 Å². The molecule has 2 N–H and O–H groups in total. The number of nitrogens with zero attached hydrogens (tertiary/aromatic N) is 3. The number of hydrogen-bond donors (Lipinski definition) is 2. The van der Waals surface area contributed by atoms with Crippen LogP contribution in [0, 0.1) is 0 Å². The Morgan fingerprint density at radius 3 is 3.00 bits per heavy atom. The van der Waals surface area contributed by atoms with Crippen LogP contribution in [0.5, 0.6) is 0 Å². The zero-order valence-corrected chi connectivity index (χ0v) is 11.5. The summed E-state index contributed by atoms with van der Waals surface area (Å²) in [5.41, 5.74) is 0.354. The van der Waals surface area contributed by atoms with Gasteiger partial charge in [-0.1, -0.05) is 6.08 Å². The minimum Gasteiger partial charge on any atom is -0.354 e. The van der Waals surface area contributed by atoms with Gasteiger partial charge in [-0.05, 0) is 33.1 Å². The molecule has 1 amide bonds. The van der Waals surface area contributed by atoms with Crippen molar-refractivity contribution in [2.45, 2.75) is 6.42 Å². The van der Waals surface area contributed by atoms with Gasteiger partial charge in [0.2, 0.25) is 5.95 Å². The third-order valence-electron chi connectivity index (χ3n) is 2.36. The Morgan fingerprint density at radius 2 is 2.32 bits per heavy atom. The molecule has 19 heavy (non-hydrogen) atoms. The number of hydrogen-bond acceptors (Lipinski definition) is 5. The van der Waals surface area contributed by atoms with Gasteiger partial charge in [0.15, 0.2) is 0 Å². The lowest BCUT2D eigenvalue weighted by Gasteiger charge is -2.10. The van der Waals surface area contributed by atoms with E-state index < -0.39 is 0 Å². The fourth-order valence-corrected chi connectivity index (χ4v) is 1.42. The summed E-state index contributed by atoms with van der Waals surface area (Å²) in [5.74, 6) is 0.253. The van der Waals surface area contributed by atoms with Gasteiger partial charge in [-0.25, -0.2) is 9.97 Å². The highest BCUT2D eigenvalue weighted by molar-refractivity contribution is 5.92. The van der Waals surface area contributed by atoms with Crippen molar-refractivity contribution in [1.82, 2.24) is 20.2 Å². The van der Waals surface area contributed by atoms with Crippen LogP contribution < -0.4 is 10.6 Å². The molecule has 0 unspecified atom stereocenters. The number of carbonyl (C=O) groups is 1. The van der Waals surface area contributed by atoms with Gasteiger partial charge in [-0.3, -0.25) is 4.79 Å². The molecule has 1 aromatic heterocycles. The molecule has 1 aromatic rings. The molecular weight excluding hydrogens is 242 g/mol. The van der Waals surface area contributed by atoms with E-state index >= 15 is 0 Å². The van der Waals surface area contributed by atoms with Crippen LogP contribution in [0.15, 0.2) is 24.9 Å². The molecule has 0 aliphatic rings. The van der Waals surface area contributed by atoms with Crippen molar-refractivity contribution in [2.24, 2.45) is 0 Å². The first kappa shape index (κ1) is 15.1. The topological polar surface area (TPSA) is 70.2 Å². The maximum absolute atomic E-state index is 11.7. The second kappa shape index (κ2) is 8.20. The summed E-state index contributed by atoms with van der Waals surface area (Å²) in [6, 6.07) is 1.59. The minimum atomic E-state index is -0.223. The lowest BCUT2D eigenvalue weighted by molar-refractivity contribution is 0.0953. The molecule has 104 valence electrons. The van der Waals surface area contributed by atoms with Crippen LogP contribution in [0.2, 0.25) is 0 Å². The molecule has 0 bridgehead atoms. The van der Waals surface area contributed by atoms with E-state index in [9.17, 15) is 4.79 Å². The van der Waals surface area contributed by atoms with Crippen LogP contribution >= 0.6 is 0 Å². The number of amides is 1. The first-order chi connectivity index (χ1) is 9.13. The van der Waals surface area contributed by atoms with E-state index in [1.165, 1.54) is 0 Å². The van der Waals surface area contributed by atoms with Crippen LogP contribution in [0.25, 0.3) is 0 Å². The van der Waals surface area contributed by atoms with Crippen LogP contribution in [0.1, 0.15) is 16.9 Å². The number of nitrogens with one attached hydrogen (secondary N) is 2. The average Bonchev–Trinajstić information content (AvgIpc) is 2.41. The van der Waals surface area contributed by atoms with Gasteiger partial charge in [0.05, 0.1) is 0 Å². The predicted molar refractivity (Wildman–Crippen MR) is 76.2 cm³/mol. The van der Waals surface area contributed by atoms with E-state index in [0.29, 0.717) is 18.2 Å². The van der Waals surface area contributed by atoms with Crippen molar-refractivity contribution < 1.29 is 4.79 Å². The molecule has 0 spiro atoms. The molecule has 1 heterocycles. The SMILES string of the molecule is C=CCNC(=O)c1ccnc(NCCCN(C)C)n1. The van der Waals surface area contributed by atoms with E-state index in [0.717, 1.165) is 19.5 Å². The molecule has 0 aromatic carbocycles. The first-order valence-corrected chi connectivity index (χ1v) is 6.24. The maximum atomic E-state index is 11.7. The molecule has 0 aliphatic carbocycles. The van der Waals surface area contributed by atoms with Crippen molar-refractivity contribution in [3.8, 4) is 0 Å². The second-order valence-corrected chi connectivity index (χ2v) is 4.35. The van der Waals surface area contributed by atoms with Crippen LogP contribution in [-0.2, 0) is 0 Å². The van der Waals surface area contributed by atoms with Gasteiger partial charge >= 0.3 is 0 Å². The third-order valence-corrected chi connectivity index (χ3v) is 2.36. The Hall–Kier alpha value is -1.95. The monoisotopic (exact) mass is 263 g/mol. The summed E-state index contributed by atoms with van der Waals surface area (Å²) < 4.78 is 0. The zero-order chi connectivity index (χ0) is 14.1. The van der Waals surface area contributed by atoms with Crippen molar-refractivity contribution in [3.63, 3.8) is 0 Å². The van der Waals surface area contributed by atoms with E-state index in [2.05, 4.69) is 32.1 Å². The normalized spacial score (nSPS) is 10.3. The molecule has 6 heteroatoms. The fraction of sp³-hybridized carbons (Fsp3) is 0.462. The lowest BCUT2D eigenvalue weighted by Crippen LogP contribution is -2.24. The first-order valence-electron chi connectivity index (χ1n) is 6.24. The molecule has 0 saturated heterocycles. The summed E-state index contributed by atoms with van der Waals surface area (Å²) in [7, 11) is 4.06. The molecule has 0 radical (unpaired) electrons. The average molecular weight is 263 g/mol. The highest BCUT2D eigenvalue weighted by Crippen LogP contribution is 2.00. The number of carbonyl (C=O) groups excluding carboxylic acids is 1. The smallest absolute Gasteiger partial charge is 0.270 e. The fourth-order valence-electron chi connectivity index (χ4n) is 1.42. The third kappa shape index (κ3) is 5.96. The van der Waals surface area contributed by atoms with E-state index in [1.807, 2.05) is 14.1 Å². The number of aromatic nitrogens is 2. The predicted octanol–water partition coefficient (Wildman–Crippen LogP) is 0.756. The molecule has 0 aliphatic heterocycles. The van der Waals surface area contributed by atoms with E-state index in [4.69, 9.17) is 0 Å². The zero-order valence-electron chi connectivity index (χ0n) is 11.5. The largest absolute Gasteiger partial charge is 0.354 e. The van der Waals surface area contributed by atoms with Crippen LogP contribution in [0.4, 0.5) is 5.95 Å². The molecule has 0 fully saturated rings. The summed E-state index contributed by atoms with van der Waals surface area (Å²) in [4.78, 5) is 22.0. The summed E-state index contributed by atoms with van der Waals surface area (Å²) in [5, 5.41) is 5.78. The number of anilines is 1. The second-order valence-electron chi connectivity index (χ2n) is 4.35. The Bertz CT molecular complexity index is 419. The Balaban J connectivity index is 2.47. The Labute approximate surface area is 113 Å². The molecule has 1 rings (SSSR count). The van der Waals surface area contributed by atoms with Crippen LogP contribution in [-0.4, -0.2) is 54.5 Å². The van der Waals surface area contributed by atoms with E-state index in [1.54, 1.807) is 18.3 Å². The van der Waals surface area contributed by atoms with Gasteiger partial charge in [-0.2, -0.15) is 0 Å². The summed E-state index contributed by atoms with van der Waals surface area (Å²) >= 11 is 0. The molecule has 6 nitrogen and oxygen atoms in total. The standard InChI is InChI=1S/C13H21N5O/c1-4-7-14-12(19)11-6-9-16-13(17-11)15-8-5-10-18(2)3/h4,6,9H,1,5,7-8,10H2,2-3H3,(H,14,19)(H,15,16,17). The maximum Gasteiger partial charge on any atom is 0.270 e. The molecular formula is C13H21N5O. The lowest BCUT2D eigenvalue weighted by atomic mass is 10.3. The molecule has 0 atom stereocenters. The minimum absolute atomic E-state index is 0.223. The van der Waals surface area contributed by atoms with Gasteiger partial charge in [0.25, 0.3) is 5.91 Å². The Morgan fingerprint density at radius 1 is 1.53 bits per heavy atom. The summed E-state index contributed by atoms with van der Waals surface area (Å²) in [6.45, 7) is 5.74. The van der Waals surface area contributed by atoms with Gasteiger partial charge in [0, 0.05) is 19.3 Å². The quantitative estimate of drug-likeness (QED) is 0.535. The van der Waals surface area contributed by atoms with Gasteiger partial charge in [-0.15, -0.1) is 6.58 Å². The van der Waals surface area contributed by atoms with Gasteiger partial charge in [0.1, 0.15) is 5.69 Å². The summed E-state index contributed by atoms with van der Waals surface area (Å²) in [6.07, 6.45) is 4.19. The van der Waals surface area contributed by atoms with Crippen LogP contribution in [0.3, 0.4) is 0 Å². The van der Waals surface area contributed by atoms with Gasteiger partial charge < -0.3 is 15.5 Å². The van der Waals surface area contributed by atoms with Crippen molar-refractivity contribution in [2.75, 3.05) is 39.0 Å². The highest BCUT2D eigenvalue weighted by atomic mass is 16.1. The highest BCUT2D eigenvalue weighted by Gasteiger charge is 2.07.